The van der Waals surface area contributed by atoms with Crippen LogP contribution in [0.1, 0.15) is 5.69 Å². The van der Waals surface area contributed by atoms with E-state index in [1.54, 1.807) is 0 Å². The van der Waals surface area contributed by atoms with Crippen molar-refractivity contribution in [3.63, 3.8) is 0 Å². The van der Waals surface area contributed by atoms with E-state index in [4.69, 9.17) is 19.4 Å². The SMILES string of the molecule is Cc1cc(Nc2cc(N(C)CCN(C)C)nc(-c3ccc4c(c3)OCCO4)n2)n[nH]1. The maximum atomic E-state index is 5.73. The normalized spacial score (nSPS) is 12.8. The van der Waals surface area contributed by atoms with E-state index in [0.29, 0.717) is 36.4 Å². The lowest BCUT2D eigenvalue weighted by Crippen LogP contribution is -2.29. The van der Waals surface area contributed by atoms with Gasteiger partial charge in [-0.2, -0.15) is 5.10 Å². The zero-order valence-electron chi connectivity index (χ0n) is 17.8. The van der Waals surface area contributed by atoms with Crippen molar-refractivity contribution in [2.24, 2.45) is 0 Å². The van der Waals surface area contributed by atoms with Crippen molar-refractivity contribution >= 4 is 17.5 Å². The number of ether oxygens (including phenoxy) is 2. The summed E-state index contributed by atoms with van der Waals surface area (Å²) in [6.07, 6.45) is 0. The molecule has 3 heterocycles. The number of H-pyrrole nitrogens is 1. The van der Waals surface area contributed by atoms with Crippen molar-refractivity contribution < 1.29 is 9.47 Å². The van der Waals surface area contributed by atoms with Crippen LogP contribution >= 0.6 is 0 Å². The van der Waals surface area contributed by atoms with Gasteiger partial charge in [-0.15, -0.1) is 0 Å². The van der Waals surface area contributed by atoms with Crippen LogP contribution in [0.5, 0.6) is 11.5 Å². The third kappa shape index (κ3) is 4.62. The fraction of sp³-hybridized carbons (Fsp3) is 0.381. The van der Waals surface area contributed by atoms with Crippen LogP contribution in [0.15, 0.2) is 30.3 Å². The van der Waals surface area contributed by atoms with E-state index >= 15 is 0 Å². The fourth-order valence-corrected chi connectivity index (χ4v) is 3.08. The van der Waals surface area contributed by atoms with Gasteiger partial charge in [0, 0.05) is 43.5 Å². The number of rotatable bonds is 7. The molecule has 2 N–H and O–H groups in total. The van der Waals surface area contributed by atoms with Gasteiger partial charge in [-0.05, 0) is 39.2 Å². The van der Waals surface area contributed by atoms with E-state index in [0.717, 1.165) is 35.9 Å². The van der Waals surface area contributed by atoms with Gasteiger partial charge in [0.05, 0.1) is 0 Å². The van der Waals surface area contributed by atoms with Gasteiger partial charge in [0.1, 0.15) is 24.8 Å². The second-order valence-electron chi connectivity index (χ2n) is 7.58. The number of anilines is 3. The molecule has 9 nitrogen and oxygen atoms in total. The van der Waals surface area contributed by atoms with E-state index in [1.807, 2.05) is 44.3 Å². The van der Waals surface area contributed by atoms with Crippen molar-refractivity contribution in [2.45, 2.75) is 6.92 Å². The molecule has 3 aromatic rings. The molecule has 1 aromatic carbocycles. The standard InChI is InChI=1S/C21H27N7O2/c1-14-11-19(26-25-14)22-18-13-20(28(4)8-7-27(2)3)24-21(23-18)15-5-6-16-17(12-15)30-10-9-29-16/h5-6,11-13H,7-10H2,1-4H3,(H2,22,23,24,25,26). The molecule has 0 bridgehead atoms. The fourth-order valence-electron chi connectivity index (χ4n) is 3.08. The summed E-state index contributed by atoms with van der Waals surface area (Å²) >= 11 is 0. The largest absolute Gasteiger partial charge is 0.486 e. The minimum Gasteiger partial charge on any atom is -0.486 e. The molecule has 0 saturated carbocycles. The Morgan fingerprint density at radius 3 is 2.50 bits per heavy atom. The number of aromatic amines is 1. The van der Waals surface area contributed by atoms with Crippen LogP contribution in [0.3, 0.4) is 0 Å². The smallest absolute Gasteiger partial charge is 0.164 e. The van der Waals surface area contributed by atoms with E-state index in [1.165, 1.54) is 0 Å². The van der Waals surface area contributed by atoms with Crippen LogP contribution in [0.25, 0.3) is 11.4 Å². The zero-order chi connectivity index (χ0) is 21.1. The second-order valence-corrected chi connectivity index (χ2v) is 7.58. The van der Waals surface area contributed by atoms with Gasteiger partial charge in [0.15, 0.2) is 23.1 Å². The minimum atomic E-state index is 0.538. The first-order valence-electron chi connectivity index (χ1n) is 9.92. The number of aryl methyl sites for hydroxylation is 1. The number of hydrogen-bond acceptors (Lipinski definition) is 8. The maximum absolute atomic E-state index is 5.73. The summed E-state index contributed by atoms with van der Waals surface area (Å²) in [5.41, 5.74) is 1.84. The van der Waals surface area contributed by atoms with Gasteiger partial charge < -0.3 is 24.6 Å². The molecule has 30 heavy (non-hydrogen) atoms. The van der Waals surface area contributed by atoms with Crippen LogP contribution in [0, 0.1) is 6.92 Å². The third-order valence-corrected chi connectivity index (χ3v) is 4.75. The van der Waals surface area contributed by atoms with Gasteiger partial charge in [-0.25, -0.2) is 9.97 Å². The average molecular weight is 409 g/mol. The summed E-state index contributed by atoms with van der Waals surface area (Å²) < 4.78 is 11.4. The number of fused-ring (bicyclic) bond motifs is 1. The molecule has 1 aliphatic heterocycles. The summed E-state index contributed by atoms with van der Waals surface area (Å²) in [6.45, 7) is 4.81. The Morgan fingerprint density at radius 1 is 0.967 bits per heavy atom. The highest BCUT2D eigenvalue weighted by atomic mass is 16.6. The molecular weight excluding hydrogens is 382 g/mol. The zero-order valence-corrected chi connectivity index (χ0v) is 17.8. The van der Waals surface area contributed by atoms with Gasteiger partial charge in [-0.1, -0.05) is 0 Å². The van der Waals surface area contributed by atoms with Crippen molar-refractivity contribution in [3.05, 3.63) is 36.0 Å². The lowest BCUT2D eigenvalue weighted by Gasteiger charge is -2.22. The van der Waals surface area contributed by atoms with Gasteiger partial charge >= 0.3 is 0 Å². The number of hydrogen-bond donors (Lipinski definition) is 2. The van der Waals surface area contributed by atoms with Crippen molar-refractivity contribution in [1.29, 1.82) is 0 Å². The Kier molecular flexibility index (Phi) is 5.71. The van der Waals surface area contributed by atoms with E-state index < -0.39 is 0 Å². The molecular formula is C21H27N7O2. The minimum absolute atomic E-state index is 0.538. The number of nitrogens with zero attached hydrogens (tertiary/aromatic N) is 5. The highest BCUT2D eigenvalue weighted by molar-refractivity contribution is 5.67. The van der Waals surface area contributed by atoms with Crippen LogP contribution in [-0.4, -0.2) is 72.5 Å². The quantitative estimate of drug-likeness (QED) is 0.616. The van der Waals surface area contributed by atoms with Gasteiger partial charge in [-0.3, -0.25) is 5.10 Å². The summed E-state index contributed by atoms with van der Waals surface area (Å²) in [5.74, 6) is 4.28. The molecule has 4 rings (SSSR count). The first kappa shape index (κ1) is 20.0. The average Bonchev–Trinajstić information content (AvgIpc) is 3.15. The Balaban J connectivity index is 1.69. The van der Waals surface area contributed by atoms with Crippen LogP contribution in [-0.2, 0) is 0 Å². The first-order valence-corrected chi connectivity index (χ1v) is 9.92. The van der Waals surface area contributed by atoms with Gasteiger partial charge in [0.2, 0.25) is 0 Å². The molecule has 0 unspecified atom stereocenters. The first-order chi connectivity index (χ1) is 14.5. The Morgan fingerprint density at radius 2 is 1.77 bits per heavy atom. The number of aromatic nitrogens is 4. The molecule has 0 atom stereocenters. The van der Waals surface area contributed by atoms with Crippen molar-refractivity contribution in [1.82, 2.24) is 25.1 Å². The molecule has 0 saturated heterocycles. The summed E-state index contributed by atoms with van der Waals surface area (Å²) in [5, 5.41) is 10.5. The van der Waals surface area contributed by atoms with Gasteiger partial charge in [0.25, 0.3) is 0 Å². The highest BCUT2D eigenvalue weighted by Crippen LogP contribution is 2.34. The number of likely N-dealkylation sites (N-methyl/N-ethyl adjacent to an activating group) is 2. The van der Waals surface area contributed by atoms with Crippen LogP contribution in [0.4, 0.5) is 17.5 Å². The monoisotopic (exact) mass is 409 g/mol. The number of benzene rings is 1. The van der Waals surface area contributed by atoms with E-state index in [9.17, 15) is 0 Å². The molecule has 0 fully saturated rings. The van der Waals surface area contributed by atoms with Crippen LogP contribution in [0.2, 0.25) is 0 Å². The molecule has 0 radical (unpaired) electrons. The summed E-state index contributed by atoms with van der Waals surface area (Å²) in [6, 6.07) is 9.65. The van der Waals surface area contributed by atoms with Crippen LogP contribution < -0.4 is 19.7 Å². The van der Waals surface area contributed by atoms with E-state index in [2.05, 4.69) is 39.4 Å². The second kappa shape index (κ2) is 8.58. The predicted octanol–water partition coefficient (Wildman–Crippen LogP) is 2.69. The van der Waals surface area contributed by atoms with E-state index in [-0.39, 0.29) is 0 Å². The molecule has 2 aromatic heterocycles. The lowest BCUT2D eigenvalue weighted by molar-refractivity contribution is 0.171. The molecule has 0 aliphatic carbocycles. The lowest BCUT2D eigenvalue weighted by atomic mass is 10.2. The molecule has 9 heteroatoms. The van der Waals surface area contributed by atoms with Crippen molar-refractivity contribution in [2.75, 3.05) is 57.7 Å². The Labute approximate surface area is 176 Å². The molecule has 0 amide bonds. The summed E-state index contributed by atoms with van der Waals surface area (Å²) in [4.78, 5) is 13.8. The molecule has 158 valence electrons. The third-order valence-electron chi connectivity index (χ3n) is 4.75. The maximum Gasteiger partial charge on any atom is 0.164 e. The Bertz CT molecular complexity index is 1020. The topological polar surface area (TPSA) is 91.4 Å². The highest BCUT2D eigenvalue weighted by Gasteiger charge is 2.16. The predicted molar refractivity (Wildman–Crippen MR) is 117 cm³/mol. The Hall–Kier alpha value is -3.33. The number of nitrogens with one attached hydrogen (secondary N) is 2. The molecule has 0 spiro atoms. The molecule has 1 aliphatic rings. The van der Waals surface area contributed by atoms with Crippen molar-refractivity contribution in [3.8, 4) is 22.9 Å². The summed E-state index contributed by atoms with van der Waals surface area (Å²) in [7, 11) is 6.14.